The third kappa shape index (κ3) is 3.46. The molecule has 0 aliphatic heterocycles. The Morgan fingerprint density at radius 2 is 2.00 bits per heavy atom. The van der Waals surface area contributed by atoms with Gasteiger partial charge in [0.2, 0.25) is 0 Å². The van der Waals surface area contributed by atoms with Gasteiger partial charge in [-0.15, -0.1) is 0 Å². The van der Waals surface area contributed by atoms with Crippen molar-refractivity contribution in [2.24, 2.45) is 11.8 Å². The smallest absolute Gasteiger partial charge is 0.294 e. The van der Waals surface area contributed by atoms with Crippen molar-refractivity contribution in [2.75, 3.05) is 0 Å². The molecule has 1 heterocycles. The predicted molar refractivity (Wildman–Crippen MR) is 76.8 cm³/mol. The van der Waals surface area contributed by atoms with Gasteiger partial charge in [0.1, 0.15) is 11.4 Å². The second-order valence-electron chi connectivity index (χ2n) is 5.93. The molecule has 1 fully saturated rings. The second kappa shape index (κ2) is 6.20. The van der Waals surface area contributed by atoms with Crippen LogP contribution in [0.25, 0.3) is 0 Å². The van der Waals surface area contributed by atoms with Gasteiger partial charge in [-0.1, -0.05) is 13.8 Å². The molecule has 1 aliphatic rings. The highest BCUT2D eigenvalue weighted by Gasteiger charge is 2.25. The second-order valence-corrected chi connectivity index (χ2v) is 5.93. The van der Waals surface area contributed by atoms with Gasteiger partial charge in [0.15, 0.2) is 0 Å². The van der Waals surface area contributed by atoms with Crippen molar-refractivity contribution in [3.8, 4) is 5.75 Å². The van der Waals surface area contributed by atoms with E-state index < -0.39 is 4.92 Å². The number of aromatic nitrogens is 1. The standard InChI is InChI=1S/C15H22N2O3/c1-10(2)12-4-6-13(7-5-12)20-14-8-15(17(18)19)11(3)16-9-14/h8-10,12-13H,4-7H2,1-3H3/t12-,13+. The molecular weight excluding hydrogens is 256 g/mol. The molecule has 0 spiro atoms. The molecular formula is C15H22N2O3. The van der Waals surface area contributed by atoms with E-state index in [4.69, 9.17) is 4.74 Å². The van der Waals surface area contributed by atoms with Crippen LogP contribution in [0.4, 0.5) is 5.69 Å². The highest BCUT2D eigenvalue weighted by molar-refractivity contribution is 5.40. The molecule has 5 nitrogen and oxygen atoms in total. The van der Waals surface area contributed by atoms with Gasteiger partial charge < -0.3 is 4.74 Å². The number of hydrogen-bond acceptors (Lipinski definition) is 4. The van der Waals surface area contributed by atoms with Crippen molar-refractivity contribution in [3.63, 3.8) is 0 Å². The summed E-state index contributed by atoms with van der Waals surface area (Å²) in [6, 6.07) is 1.48. The van der Waals surface area contributed by atoms with Crippen LogP contribution >= 0.6 is 0 Å². The average molecular weight is 278 g/mol. The fourth-order valence-electron chi connectivity index (χ4n) is 2.82. The van der Waals surface area contributed by atoms with Crippen molar-refractivity contribution < 1.29 is 9.66 Å². The van der Waals surface area contributed by atoms with E-state index in [-0.39, 0.29) is 11.8 Å². The van der Waals surface area contributed by atoms with E-state index in [9.17, 15) is 10.1 Å². The first-order valence-electron chi connectivity index (χ1n) is 7.25. The Bertz CT molecular complexity index is 480. The fourth-order valence-corrected chi connectivity index (χ4v) is 2.82. The molecule has 1 aliphatic carbocycles. The minimum Gasteiger partial charge on any atom is -0.489 e. The normalized spacial score (nSPS) is 22.8. The Morgan fingerprint density at radius 3 is 2.55 bits per heavy atom. The van der Waals surface area contributed by atoms with Crippen LogP contribution in [0.5, 0.6) is 5.75 Å². The van der Waals surface area contributed by atoms with Gasteiger partial charge in [-0.05, 0) is 44.4 Å². The van der Waals surface area contributed by atoms with Crippen LogP contribution in [0.15, 0.2) is 12.3 Å². The Labute approximate surface area is 119 Å². The molecule has 1 aromatic heterocycles. The lowest BCUT2D eigenvalue weighted by Crippen LogP contribution is -2.26. The summed E-state index contributed by atoms with van der Waals surface area (Å²) >= 11 is 0. The van der Waals surface area contributed by atoms with Crippen molar-refractivity contribution >= 4 is 5.69 Å². The predicted octanol–water partition coefficient (Wildman–Crippen LogP) is 3.89. The molecule has 20 heavy (non-hydrogen) atoms. The third-order valence-electron chi connectivity index (χ3n) is 4.20. The van der Waals surface area contributed by atoms with Gasteiger partial charge in [-0.25, -0.2) is 0 Å². The molecule has 0 atom stereocenters. The van der Waals surface area contributed by atoms with Crippen molar-refractivity contribution in [1.82, 2.24) is 4.98 Å². The molecule has 5 heteroatoms. The Hall–Kier alpha value is -1.65. The molecule has 0 N–H and O–H groups in total. The monoisotopic (exact) mass is 278 g/mol. The maximum Gasteiger partial charge on any atom is 0.294 e. The number of nitro groups is 1. The average Bonchev–Trinajstić information content (AvgIpc) is 2.41. The molecule has 0 unspecified atom stereocenters. The Morgan fingerprint density at radius 1 is 1.35 bits per heavy atom. The van der Waals surface area contributed by atoms with Gasteiger partial charge >= 0.3 is 0 Å². The zero-order chi connectivity index (χ0) is 14.7. The number of ether oxygens (including phenoxy) is 1. The summed E-state index contributed by atoms with van der Waals surface area (Å²) in [7, 11) is 0. The summed E-state index contributed by atoms with van der Waals surface area (Å²) in [5.74, 6) is 2.01. The minimum atomic E-state index is -0.412. The van der Waals surface area contributed by atoms with Gasteiger partial charge in [-0.2, -0.15) is 0 Å². The van der Waals surface area contributed by atoms with Crippen LogP contribution in [0.3, 0.4) is 0 Å². The van der Waals surface area contributed by atoms with Crippen LogP contribution in [-0.2, 0) is 0 Å². The van der Waals surface area contributed by atoms with E-state index >= 15 is 0 Å². The molecule has 0 bridgehead atoms. The summed E-state index contributed by atoms with van der Waals surface area (Å²) in [6.07, 6.45) is 6.12. The van der Waals surface area contributed by atoms with E-state index in [0.29, 0.717) is 11.4 Å². The highest BCUT2D eigenvalue weighted by atomic mass is 16.6. The SMILES string of the molecule is Cc1ncc(O[C@H]2CC[C@@H](C(C)C)CC2)cc1[N+](=O)[O-]. The lowest BCUT2D eigenvalue weighted by atomic mass is 9.80. The molecule has 0 aromatic carbocycles. The lowest BCUT2D eigenvalue weighted by Gasteiger charge is -2.31. The maximum absolute atomic E-state index is 10.9. The number of pyridine rings is 1. The summed E-state index contributed by atoms with van der Waals surface area (Å²) in [5.41, 5.74) is 0.448. The van der Waals surface area contributed by atoms with E-state index in [2.05, 4.69) is 18.8 Å². The maximum atomic E-state index is 10.9. The van der Waals surface area contributed by atoms with E-state index in [1.165, 1.54) is 18.9 Å². The van der Waals surface area contributed by atoms with Crippen molar-refractivity contribution in [3.05, 3.63) is 28.1 Å². The van der Waals surface area contributed by atoms with E-state index in [1.54, 1.807) is 13.1 Å². The Balaban J connectivity index is 1.98. The first kappa shape index (κ1) is 14.8. The molecule has 110 valence electrons. The van der Waals surface area contributed by atoms with Gasteiger partial charge in [0, 0.05) is 0 Å². The molecule has 2 rings (SSSR count). The number of hydrogen-bond donors (Lipinski definition) is 0. The summed E-state index contributed by atoms with van der Waals surface area (Å²) in [4.78, 5) is 14.5. The van der Waals surface area contributed by atoms with Crippen molar-refractivity contribution in [2.45, 2.75) is 52.6 Å². The fraction of sp³-hybridized carbons (Fsp3) is 0.667. The lowest BCUT2D eigenvalue weighted by molar-refractivity contribution is -0.385. The first-order chi connectivity index (χ1) is 9.47. The summed E-state index contributed by atoms with van der Waals surface area (Å²) in [5, 5.41) is 10.9. The summed E-state index contributed by atoms with van der Waals surface area (Å²) in [6.45, 7) is 6.16. The molecule has 1 aromatic rings. The topological polar surface area (TPSA) is 65.3 Å². The van der Waals surface area contributed by atoms with Gasteiger partial charge in [-0.3, -0.25) is 15.1 Å². The number of rotatable bonds is 4. The van der Waals surface area contributed by atoms with Crippen LogP contribution in [0, 0.1) is 28.9 Å². The first-order valence-corrected chi connectivity index (χ1v) is 7.25. The van der Waals surface area contributed by atoms with Crippen LogP contribution in [-0.4, -0.2) is 16.0 Å². The van der Waals surface area contributed by atoms with Crippen LogP contribution < -0.4 is 4.74 Å². The van der Waals surface area contributed by atoms with Gasteiger partial charge in [0.25, 0.3) is 5.69 Å². The number of aryl methyl sites for hydroxylation is 1. The molecule has 0 amide bonds. The van der Waals surface area contributed by atoms with E-state index in [0.717, 1.165) is 24.7 Å². The molecule has 0 radical (unpaired) electrons. The quantitative estimate of drug-likeness (QED) is 0.619. The zero-order valence-electron chi connectivity index (χ0n) is 12.3. The van der Waals surface area contributed by atoms with Crippen molar-refractivity contribution in [1.29, 1.82) is 0 Å². The van der Waals surface area contributed by atoms with Gasteiger partial charge in [0.05, 0.1) is 23.3 Å². The molecule has 0 saturated heterocycles. The highest BCUT2D eigenvalue weighted by Crippen LogP contribution is 2.32. The molecule has 1 saturated carbocycles. The van der Waals surface area contributed by atoms with Crippen LogP contribution in [0.1, 0.15) is 45.2 Å². The zero-order valence-corrected chi connectivity index (χ0v) is 12.3. The minimum absolute atomic E-state index is 0.0263. The van der Waals surface area contributed by atoms with Crippen LogP contribution in [0.2, 0.25) is 0 Å². The Kier molecular flexibility index (Phi) is 4.57. The largest absolute Gasteiger partial charge is 0.489 e. The number of nitrogens with zero attached hydrogens (tertiary/aromatic N) is 2. The van der Waals surface area contributed by atoms with E-state index in [1.807, 2.05) is 0 Å². The third-order valence-corrected chi connectivity index (χ3v) is 4.20. The summed E-state index contributed by atoms with van der Waals surface area (Å²) < 4.78 is 5.86.